The van der Waals surface area contributed by atoms with Crippen molar-refractivity contribution in [1.29, 1.82) is 0 Å². The zero-order valence-electron chi connectivity index (χ0n) is 13.4. The molecule has 0 saturated carbocycles. The molecule has 2 aromatic rings. The number of furan rings is 1. The lowest BCUT2D eigenvalue weighted by Crippen LogP contribution is -2.38. The summed E-state index contributed by atoms with van der Waals surface area (Å²) in [5, 5.41) is 15.7. The molecule has 3 rings (SSSR count). The molecule has 24 heavy (non-hydrogen) atoms. The molecule has 0 spiro atoms. The summed E-state index contributed by atoms with van der Waals surface area (Å²) in [7, 11) is 0. The monoisotopic (exact) mass is 330 g/mol. The second kappa shape index (κ2) is 6.01. The number of anilines is 1. The summed E-state index contributed by atoms with van der Waals surface area (Å²) in [6.45, 7) is 3.29. The quantitative estimate of drug-likeness (QED) is 0.790. The van der Waals surface area contributed by atoms with Crippen LogP contribution in [0.5, 0.6) is 5.75 Å². The normalized spacial score (nSPS) is 15.7. The Hall–Kier alpha value is -2.80. The van der Waals surface area contributed by atoms with Crippen LogP contribution in [0.25, 0.3) is 0 Å². The Morgan fingerprint density at radius 3 is 2.88 bits per heavy atom. The minimum atomic E-state index is -1.32. The molecule has 2 amide bonds. The van der Waals surface area contributed by atoms with Crippen LogP contribution in [0.3, 0.4) is 0 Å². The average Bonchev–Trinajstić information content (AvgIpc) is 2.99. The lowest BCUT2D eigenvalue weighted by Gasteiger charge is -2.22. The van der Waals surface area contributed by atoms with Crippen molar-refractivity contribution in [3.05, 3.63) is 47.4 Å². The molecule has 1 atom stereocenters. The second-order valence-electron chi connectivity index (χ2n) is 5.91. The Morgan fingerprint density at radius 1 is 1.38 bits per heavy atom. The fourth-order valence-corrected chi connectivity index (χ4v) is 2.39. The summed E-state index contributed by atoms with van der Waals surface area (Å²) in [5.74, 6) is 0.940. The molecule has 1 aromatic heterocycles. The Bertz CT molecular complexity index is 794. The van der Waals surface area contributed by atoms with Gasteiger partial charge in [0.05, 0.1) is 12.2 Å². The van der Waals surface area contributed by atoms with E-state index in [0.717, 1.165) is 0 Å². The number of rotatable bonds is 4. The standard InChI is InChI=1S/C17H18N2O5/c1-10-3-6-14(24-10)17(2,22)9-18-16(21)11-4-5-13-12(7-11)19-15(20)8-23-13/h3-7,22H,8-9H2,1-2H3,(H,18,21)(H,19,20)/t17-/m0/s1. The van der Waals surface area contributed by atoms with E-state index >= 15 is 0 Å². The van der Waals surface area contributed by atoms with Crippen LogP contribution in [0.2, 0.25) is 0 Å². The van der Waals surface area contributed by atoms with Gasteiger partial charge in [-0.15, -0.1) is 0 Å². The molecule has 1 aliphatic heterocycles. The summed E-state index contributed by atoms with van der Waals surface area (Å²) in [5.41, 5.74) is -0.520. The first kappa shape index (κ1) is 16.1. The number of ether oxygens (including phenoxy) is 1. The maximum Gasteiger partial charge on any atom is 0.262 e. The zero-order valence-corrected chi connectivity index (χ0v) is 13.4. The predicted molar refractivity (Wildman–Crippen MR) is 85.9 cm³/mol. The lowest BCUT2D eigenvalue weighted by molar-refractivity contribution is -0.118. The number of fused-ring (bicyclic) bond motifs is 1. The summed E-state index contributed by atoms with van der Waals surface area (Å²) >= 11 is 0. The smallest absolute Gasteiger partial charge is 0.262 e. The van der Waals surface area contributed by atoms with Crippen LogP contribution in [-0.2, 0) is 10.4 Å². The predicted octanol–water partition coefficient (Wildman–Crippen LogP) is 1.56. The van der Waals surface area contributed by atoms with Crippen molar-refractivity contribution in [2.45, 2.75) is 19.4 Å². The first-order valence-electron chi connectivity index (χ1n) is 7.49. The number of hydrogen-bond acceptors (Lipinski definition) is 5. The van der Waals surface area contributed by atoms with Crippen molar-refractivity contribution in [2.75, 3.05) is 18.5 Å². The molecule has 0 bridgehead atoms. The molecule has 1 aromatic carbocycles. The van der Waals surface area contributed by atoms with Crippen LogP contribution in [0.15, 0.2) is 34.7 Å². The fourth-order valence-electron chi connectivity index (χ4n) is 2.39. The maximum atomic E-state index is 12.3. The van der Waals surface area contributed by atoms with Gasteiger partial charge in [-0.2, -0.15) is 0 Å². The van der Waals surface area contributed by atoms with Crippen LogP contribution in [-0.4, -0.2) is 30.1 Å². The van der Waals surface area contributed by atoms with Gasteiger partial charge in [0, 0.05) is 5.56 Å². The van der Waals surface area contributed by atoms with Gasteiger partial charge < -0.3 is 24.9 Å². The van der Waals surface area contributed by atoms with Crippen molar-refractivity contribution in [2.24, 2.45) is 0 Å². The molecule has 0 radical (unpaired) electrons. The molecular weight excluding hydrogens is 312 g/mol. The van der Waals surface area contributed by atoms with E-state index in [9.17, 15) is 14.7 Å². The molecule has 0 aliphatic carbocycles. The summed E-state index contributed by atoms with van der Waals surface area (Å²) in [4.78, 5) is 23.6. The van der Waals surface area contributed by atoms with Crippen molar-refractivity contribution >= 4 is 17.5 Å². The number of aryl methyl sites for hydroxylation is 1. The molecule has 7 heteroatoms. The first-order valence-corrected chi connectivity index (χ1v) is 7.49. The van der Waals surface area contributed by atoms with Crippen LogP contribution < -0.4 is 15.4 Å². The topological polar surface area (TPSA) is 101 Å². The largest absolute Gasteiger partial charge is 0.482 e. The summed E-state index contributed by atoms with van der Waals surface area (Å²) < 4.78 is 10.7. The first-order chi connectivity index (χ1) is 11.3. The lowest BCUT2D eigenvalue weighted by atomic mass is 10.0. The van der Waals surface area contributed by atoms with Gasteiger partial charge in [0.25, 0.3) is 11.8 Å². The van der Waals surface area contributed by atoms with Gasteiger partial charge in [-0.3, -0.25) is 9.59 Å². The van der Waals surface area contributed by atoms with Crippen LogP contribution in [0.4, 0.5) is 5.69 Å². The van der Waals surface area contributed by atoms with Gasteiger partial charge in [0.1, 0.15) is 22.9 Å². The molecule has 3 N–H and O–H groups in total. The molecule has 2 heterocycles. The molecular formula is C17H18N2O5. The van der Waals surface area contributed by atoms with Gasteiger partial charge >= 0.3 is 0 Å². The zero-order chi connectivity index (χ0) is 17.3. The minimum Gasteiger partial charge on any atom is -0.482 e. The number of hydrogen-bond donors (Lipinski definition) is 3. The third-order valence-corrected chi connectivity index (χ3v) is 3.74. The third-order valence-electron chi connectivity index (χ3n) is 3.74. The van der Waals surface area contributed by atoms with E-state index in [1.165, 1.54) is 6.07 Å². The van der Waals surface area contributed by atoms with Gasteiger partial charge in [-0.25, -0.2) is 0 Å². The number of aliphatic hydroxyl groups is 1. The molecule has 7 nitrogen and oxygen atoms in total. The average molecular weight is 330 g/mol. The highest BCUT2D eigenvalue weighted by molar-refractivity contribution is 5.99. The van der Waals surface area contributed by atoms with E-state index in [0.29, 0.717) is 28.5 Å². The number of amides is 2. The van der Waals surface area contributed by atoms with Crippen molar-refractivity contribution in [1.82, 2.24) is 5.32 Å². The van der Waals surface area contributed by atoms with Gasteiger partial charge in [-0.05, 0) is 44.2 Å². The summed E-state index contributed by atoms with van der Waals surface area (Å²) in [6, 6.07) is 8.17. The van der Waals surface area contributed by atoms with Crippen LogP contribution in [0, 0.1) is 6.92 Å². The van der Waals surface area contributed by atoms with E-state index in [1.807, 2.05) is 0 Å². The Morgan fingerprint density at radius 2 is 2.17 bits per heavy atom. The number of nitrogens with one attached hydrogen (secondary N) is 2. The molecule has 126 valence electrons. The molecule has 0 fully saturated rings. The van der Waals surface area contributed by atoms with E-state index in [-0.39, 0.29) is 25.0 Å². The Balaban J connectivity index is 1.69. The second-order valence-corrected chi connectivity index (χ2v) is 5.91. The number of carbonyl (C=O) groups is 2. The van der Waals surface area contributed by atoms with Gasteiger partial charge in [-0.1, -0.05) is 0 Å². The van der Waals surface area contributed by atoms with E-state index in [1.54, 1.807) is 38.1 Å². The Labute approximate surface area is 138 Å². The maximum absolute atomic E-state index is 12.3. The highest BCUT2D eigenvalue weighted by atomic mass is 16.5. The number of carbonyl (C=O) groups excluding carboxylic acids is 2. The molecule has 1 aliphatic rings. The number of benzene rings is 1. The van der Waals surface area contributed by atoms with Gasteiger partial charge in [0.2, 0.25) is 0 Å². The van der Waals surface area contributed by atoms with Crippen molar-refractivity contribution < 1.29 is 23.8 Å². The third kappa shape index (κ3) is 3.26. The van der Waals surface area contributed by atoms with E-state index in [4.69, 9.17) is 9.15 Å². The summed E-state index contributed by atoms with van der Waals surface area (Å²) in [6.07, 6.45) is 0. The fraction of sp³-hybridized carbons (Fsp3) is 0.294. The SMILES string of the molecule is Cc1ccc([C@@](C)(O)CNC(=O)c2ccc3c(c2)NC(=O)CO3)o1. The Kier molecular flexibility index (Phi) is 4.02. The van der Waals surface area contributed by atoms with Crippen molar-refractivity contribution in [3.63, 3.8) is 0 Å². The van der Waals surface area contributed by atoms with Crippen LogP contribution in [0.1, 0.15) is 28.8 Å². The highest BCUT2D eigenvalue weighted by Crippen LogP contribution is 2.28. The highest BCUT2D eigenvalue weighted by Gasteiger charge is 2.28. The van der Waals surface area contributed by atoms with E-state index in [2.05, 4.69) is 10.6 Å². The minimum absolute atomic E-state index is 0.0151. The van der Waals surface area contributed by atoms with E-state index < -0.39 is 5.60 Å². The van der Waals surface area contributed by atoms with Gasteiger partial charge in [0.15, 0.2) is 6.61 Å². The van der Waals surface area contributed by atoms with Crippen LogP contribution >= 0.6 is 0 Å². The molecule has 0 saturated heterocycles. The molecule has 0 unspecified atom stereocenters. The van der Waals surface area contributed by atoms with Crippen molar-refractivity contribution in [3.8, 4) is 5.75 Å².